The summed E-state index contributed by atoms with van der Waals surface area (Å²) in [4.78, 5) is 0. The van der Waals surface area contributed by atoms with Gasteiger partial charge in [-0.2, -0.15) is 18.1 Å². The number of hydrogen-bond acceptors (Lipinski definition) is 12. The first-order chi connectivity index (χ1) is 18.6. The Bertz CT molecular complexity index is 1240. The van der Waals surface area contributed by atoms with Crippen LogP contribution in [0.15, 0.2) is 78.7 Å². The molecule has 1 aliphatic heterocycles. The Morgan fingerprint density at radius 1 is 0.400 bits per heavy atom. The van der Waals surface area contributed by atoms with E-state index in [4.69, 9.17) is 18.1 Å². The Morgan fingerprint density at radius 2 is 0.675 bits per heavy atom. The van der Waals surface area contributed by atoms with Gasteiger partial charge in [0.25, 0.3) is 0 Å². The highest BCUT2D eigenvalue weighted by Crippen LogP contribution is 2.80. The molecule has 0 spiro atoms. The zero-order valence-electron chi connectivity index (χ0n) is 26.0. The number of nitrogens with one attached hydrogen (secondary N) is 2. The van der Waals surface area contributed by atoms with E-state index in [9.17, 15) is 0 Å². The van der Waals surface area contributed by atoms with E-state index < -0.39 is 30.0 Å². The summed E-state index contributed by atoms with van der Waals surface area (Å²) in [5, 5.41) is 7.62. The van der Waals surface area contributed by atoms with Gasteiger partial charge >= 0.3 is 0 Å². The minimum absolute atomic E-state index is 0.958. The van der Waals surface area contributed by atoms with Crippen LogP contribution in [0.4, 0.5) is 11.4 Å². The summed E-state index contributed by atoms with van der Waals surface area (Å²) in [5.74, 6) is 0. The normalized spacial score (nSPS) is 24.2. The van der Waals surface area contributed by atoms with Gasteiger partial charge in [-0.3, -0.25) is 0 Å². The minimum Gasteiger partial charge on any atom is -0.323 e. The lowest BCUT2D eigenvalue weighted by molar-refractivity contribution is 0.555. The molecule has 0 saturated heterocycles. The summed E-state index contributed by atoms with van der Waals surface area (Å²) in [7, 11) is 13.5. The fourth-order valence-electron chi connectivity index (χ4n) is 4.08. The molecule has 1 heterocycles. The lowest BCUT2D eigenvalue weighted by Crippen LogP contribution is -2.27. The van der Waals surface area contributed by atoms with Crippen molar-refractivity contribution in [3.63, 3.8) is 0 Å². The highest BCUT2D eigenvalue weighted by Gasteiger charge is 2.43. The number of rotatable bonds is 10. The largest absolute Gasteiger partial charge is 0.323 e. The molecular weight excluding hydrogens is 580 g/mol. The zero-order chi connectivity index (χ0) is 29.9. The standard InChI is InChI=1S/C24H48N12P4/c1-31(2)37(25-23-19-15-13-16-20-23)27-39(33(5)6,34(7)8)29-38(32(3)4,26-24-21-17-14-18-22-24)30-40(28-37,35(9)10)36(11)12/h13-22,25-26H,1-12H3. The summed E-state index contributed by atoms with van der Waals surface area (Å²) in [5.41, 5.74) is 1.92. The average molecular weight is 629 g/mol. The first-order valence-electron chi connectivity index (χ1n) is 12.9. The number of benzene rings is 2. The summed E-state index contributed by atoms with van der Waals surface area (Å²) in [6.07, 6.45) is 0. The van der Waals surface area contributed by atoms with Crippen LogP contribution in [0.25, 0.3) is 0 Å². The van der Waals surface area contributed by atoms with Crippen LogP contribution in [-0.2, 0) is 0 Å². The summed E-state index contributed by atoms with van der Waals surface area (Å²) in [6, 6.07) is 20.4. The predicted octanol–water partition coefficient (Wildman–Crippen LogP) is 7.38. The minimum atomic E-state index is -2.83. The van der Waals surface area contributed by atoms with E-state index in [0.717, 1.165) is 11.4 Å². The molecule has 2 aromatic carbocycles. The summed E-state index contributed by atoms with van der Waals surface area (Å²) < 4.78 is 36.1. The SMILES string of the molecule is CN(C)P1(Nc2ccccc2)=NP(N(C)C)(N(C)C)=NP(Nc2ccccc2)(N(C)C)=NP(N(C)C)(N(C)C)=N1. The van der Waals surface area contributed by atoms with E-state index >= 15 is 0 Å². The monoisotopic (exact) mass is 628 g/mol. The molecule has 16 heteroatoms. The molecule has 12 nitrogen and oxygen atoms in total. The second kappa shape index (κ2) is 12.9. The van der Waals surface area contributed by atoms with Gasteiger partial charge in [-0.15, -0.1) is 0 Å². The molecule has 224 valence electrons. The van der Waals surface area contributed by atoms with Gasteiger partial charge in [0.05, 0.1) is 0 Å². The van der Waals surface area contributed by atoms with Crippen molar-refractivity contribution in [1.29, 1.82) is 0 Å². The Balaban J connectivity index is 2.66. The van der Waals surface area contributed by atoms with Gasteiger partial charge in [0.2, 0.25) is 30.0 Å². The first-order valence-corrected chi connectivity index (χ1v) is 19.4. The van der Waals surface area contributed by atoms with Crippen LogP contribution in [0.3, 0.4) is 0 Å². The Hall–Kier alpha value is -1.28. The number of para-hydroxylation sites is 2. The Kier molecular flexibility index (Phi) is 10.7. The molecule has 40 heavy (non-hydrogen) atoms. The lowest BCUT2D eigenvalue weighted by atomic mass is 10.3. The van der Waals surface area contributed by atoms with E-state index in [1.54, 1.807) is 0 Å². The van der Waals surface area contributed by atoms with E-state index in [1.165, 1.54) is 0 Å². The van der Waals surface area contributed by atoms with Crippen LogP contribution in [-0.4, -0.2) is 113 Å². The third kappa shape index (κ3) is 6.53. The van der Waals surface area contributed by atoms with Crippen molar-refractivity contribution >= 4 is 41.4 Å². The lowest BCUT2D eigenvalue weighted by Gasteiger charge is -2.45. The van der Waals surface area contributed by atoms with Crippen molar-refractivity contribution in [1.82, 2.24) is 28.0 Å². The molecule has 0 saturated carbocycles. The second-order valence-electron chi connectivity index (χ2n) is 10.6. The smallest absolute Gasteiger partial charge is 0.243 e. The van der Waals surface area contributed by atoms with Crippen molar-refractivity contribution in [2.75, 3.05) is 94.7 Å². The van der Waals surface area contributed by atoms with Crippen LogP contribution in [0, 0.1) is 0 Å². The Morgan fingerprint density at radius 3 is 0.900 bits per heavy atom. The molecule has 2 N–H and O–H groups in total. The number of nitrogens with zero attached hydrogens (tertiary/aromatic N) is 10. The fraction of sp³-hybridized carbons (Fsp3) is 0.500. The van der Waals surface area contributed by atoms with E-state index in [0.29, 0.717) is 0 Å². The third-order valence-electron chi connectivity index (χ3n) is 6.35. The molecule has 2 atom stereocenters. The second-order valence-corrected chi connectivity index (χ2v) is 23.1. The van der Waals surface area contributed by atoms with Crippen molar-refractivity contribution in [3.05, 3.63) is 60.7 Å². The maximum atomic E-state index is 5.80. The van der Waals surface area contributed by atoms with Gasteiger partial charge < -0.3 is 10.2 Å². The zero-order valence-corrected chi connectivity index (χ0v) is 29.6. The summed E-state index contributed by atoms with van der Waals surface area (Å²) >= 11 is 0. The van der Waals surface area contributed by atoms with Crippen molar-refractivity contribution in [3.8, 4) is 0 Å². The highest BCUT2D eigenvalue weighted by molar-refractivity contribution is 7.85. The van der Waals surface area contributed by atoms with Crippen LogP contribution in [0.1, 0.15) is 0 Å². The van der Waals surface area contributed by atoms with E-state index in [1.807, 2.05) is 36.4 Å². The van der Waals surface area contributed by atoms with Crippen LogP contribution in [0.2, 0.25) is 0 Å². The molecular formula is C24H48N12P4. The number of anilines is 2. The van der Waals surface area contributed by atoms with Crippen molar-refractivity contribution in [2.45, 2.75) is 0 Å². The third-order valence-corrected chi connectivity index (χ3v) is 21.8. The van der Waals surface area contributed by atoms with Gasteiger partial charge in [0.1, 0.15) is 0 Å². The van der Waals surface area contributed by atoms with Crippen molar-refractivity contribution in [2.24, 2.45) is 18.1 Å². The molecule has 1 aliphatic rings. The molecule has 2 aromatic rings. The molecule has 0 aliphatic carbocycles. The maximum absolute atomic E-state index is 5.80. The van der Waals surface area contributed by atoms with E-state index in [-0.39, 0.29) is 0 Å². The van der Waals surface area contributed by atoms with E-state index in [2.05, 4.69) is 147 Å². The molecule has 0 bridgehead atoms. The number of hydrogen-bond donors (Lipinski definition) is 2. The van der Waals surface area contributed by atoms with Crippen LogP contribution >= 0.6 is 30.0 Å². The Labute approximate surface area is 242 Å². The molecule has 0 amide bonds. The van der Waals surface area contributed by atoms with Crippen LogP contribution < -0.4 is 10.2 Å². The predicted molar refractivity (Wildman–Crippen MR) is 180 cm³/mol. The maximum Gasteiger partial charge on any atom is 0.243 e. The van der Waals surface area contributed by atoms with Gasteiger partial charge in [0, 0.05) is 11.4 Å². The average Bonchev–Trinajstić information content (AvgIpc) is 2.86. The molecule has 2 unspecified atom stereocenters. The quantitative estimate of drug-likeness (QED) is 0.264. The molecule has 0 radical (unpaired) electrons. The summed E-state index contributed by atoms with van der Waals surface area (Å²) in [6.45, 7) is 0. The highest BCUT2D eigenvalue weighted by atomic mass is 31.3. The van der Waals surface area contributed by atoms with Gasteiger partial charge in [0.15, 0.2) is 0 Å². The fourth-order valence-corrected chi connectivity index (χ4v) is 22.5. The van der Waals surface area contributed by atoms with Gasteiger partial charge in [-0.05, 0) is 109 Å². The van der Waals surface area contributed by atoms with Gasteiger partial charge in [-0.25, -0.2) is 28.0 Å². The molecule has 3 rings (SSSR count). The van der Waals surface area contributed by atoms with Gasteiger partial charge in [-0.1, -0.05) is 36.4 Å². The molecule has 0 aromatic heterocycles. The van der Waals surface area contributed by atoms with Crippen LogP contribution in [0.5, 0.6) is 0 Å². The molecule has 0 fully saturated rings. The topological polar surface area (TPSA) is 92.9 Å². The van der Waals surface area contributed by atoms with Crippen molar-refractivity contribution < 1.29 is 0 Å². The first kappa shape index (κ1) is 33.2.